The molecule has 3 aliphatic rings. The smallest absolute Gasteiger partial charge is 0.317 e. The minimum absolute atomic E-state index is 0.0451. The fourth-order valence-electron chi connectivity index (χ4n) is 4.46. The summed E-state index contributed by atoms with van der Waals surface area (Å²) in [6, 6.07) is 4.47. The minimum Gasteiger partial charge on any atom is -0.351 e. The van der Waals surface area contributed by atoms with E-state index >= 15 is 0 Å². The maximum absolute atomic E-state index is 12.5. The zero-order chi connectivity index (χ0) is 17.3. The molecule has 1 spiro atoms. The number of nitrogens with zero attached hydrogens (tertiary/aromatic N) is 1. The van der Waals surface area contributed by atoms with Gasteiger partial charge in [-0.05, 0) is 37.1 Å². The molecule has 1 aliphatic heterocycles. The topological polar surface area (TPSA) is 61.4 Å². The normalized spacial score (nSPS) is 29.0. The molecule has 1 saturated heterocycles. The van der Waals surface area contributed by atoms with Gasteiger partial charge in [0.05, 0.1) is 6.54 Å². The van der Waals surface area contributed by atoms with Crippen LogP contribution in [0.1, 0.15) is 49.8 Å². The van der Waals surface area contributed by atoms with Crippen LogP contribution in [0.5, 0.6) is 0 Å². The second-order valence-corrected chi connectivity index (χ2v) is 8.90. The first-order valence-electron chi connectivity index (χ1n) is 9.52. The minimum atomic E-state index is 0.0451. The van der Waals surface area contributed by atoms with Gasteiger partial charge in [0.2, 0.25) is 5.91 Å². The highest BCUT2D eigenvalue weighted by molar-refractivity contribution is 7.09. The molecule has 0 radical (unpaired) electrons. The molecule has 2 N–H and O–H groups in total. The van der Waals surface area contributed by atoms with Crippen LogP contribution < -0.4 is 10.6 Å². The summed E-state index contributed by atoms with van der Waals surface area (Å²) in [5, 5.41) is 8.29. The average Bonchev–Trinajstić information content (AvgIpc) is 2.97. The Labute approximate surface area is 153 Å². The Morgan fingerprint density at radius 2 is 2.12 bits per heavy atom. The Kier molecular flexibility index (Phi) is 4.71. The predicted octanol–water partition coefficient (Wildman–Crippen LogP) is 3.12. The van der Waals surface area contributed by atoms with Gasteiger partial charge in [-0.2, -0.15) is 0 Å². The van der Waals surface area contributed by atoms with E-state index in [1.807, 2.05) is 22.4 Å². The molecule has 3 amide bonds. The van der Waals surface area contributed by atoms with Crippen LogP contribution >= 0.6 is 11.3 Å². The van der Waals surface area contributed by atoms with Gasteiger partial charge in [0.1, 0.15) is 0 Å². The molecule has 6 heteroatoms. The third-order valence-corrected chi connectivity index (χ3v) is 7.00. The lowest BCUT2D eigenvalue weighted by atomic mass is 9.96. The third kappa shape index (κ3) is 3.68. The molecule has 0 aromatic carbocycles. The van der Waals surface area contributed by atoms with E-state index in [0.717, 1.165) is 38.8 Å². The number of hydrogen-bond acceptors (Lipinski definition) is 3. The largest absolute Gasteiger partial charge is 0.351 e. The van der Waals surface area contributed by atoms with Crippen molar-refractivity contribution in [1.82, 2.24) is 15.5 Å². The summed E-state index contributed by atoms with van der Waals surface area (Å²) in [7, 11) is 0. The van der Waals surface area contributed by atoms with Gasteiger partial charge >= 0.3 is 6.03 Å². The predicted molar refractivity (Wildman–Crippen MR) is 98.3 cm³/mol. The van der Waals surface area contributed by atoms with Crippen LogP contribution in [0, 0.1) is 11.3 Å². The lowest BCUT2D eigenvalue weighted by molar-refractivity contribution is -0.123. The SMILES string of the molecule is O=C(NCc1cccs1)[C@H]1C[C@@]12CCN(C(=O)NC1CCCCC1)C2. The van der Waals surface area contributed by atoms with E-state index in [4.69, 9.17) is 0 Å². The Balaban J connectivity index is 1.24. The van der Waals surface area contributed by atoms with Gasteiger partial charge in [-0.15, -0.1) is 11.3 Å². The van der Waals surface area contributed by atoms with Gasteiger partial charge in [0.15, 0.2) is 0 Å². The third-order valence-electron chi connectivity index (χ3n) is 6.13. The quantitative estimate of drug-likeness (QED) is 0.865. The molecule has 2 aliphatic carbocycles. The number of urea groups is 1. The zero-order valence-electron chi connectivity index (χ0n) is 14.6. The first-order valence-corrected chi connectivity index (χ1v) is 10.4. The molecular formula is C19H27N3O2S. The van der Waals surface area contributed by atoms with Crippen LogP contribution in [-0.4, -0.2) is 36.0 Å². The molecule has 4 rings (SSSR count). The van der Waals surface area contributed by atoms with E-state index < -0.39 is 0 Å². The first-order chi connectivity index (χ1) is 12.2. The average molecular weight is 362 g/mol. The summed E-state index contributed by atoms with van der Waals surface area (Å²) in [5.74, 6) is 0.239. The summed E-state index contributed by atoms with van der Waals surface area (Å²) >= 11 is 1.67. The highest BCUT2D eigenvalue weighted by atomic mass is 32.1. The van der Waals surface area contributed by atoms with Crippen LogP contribution in [0.4, 0.5) is 4.79 Å². The molecule has 2 atom stereocenters. The lowest BCUT2D eigenvalue weighted by Gasteiger charge is -2.26. The molecule has 0 bridgehead atoms. The highest BCUT2D eigenvalue weighted by Gasteiger charge is 2.61. The van der Waals surface area contributed by atoms with Crippen molar-refractivity contribution in [2.45, 2.75) is 57.5 Å². The molecule has 0 unspecified atom stereocenters. The first kappa shape index (κ1) is 16.9. The van der Waals surface area contributed by atoms with Gasteiger partial charge in [0.25, 0.3) is 0 Å². The second-order valence-electron chi connectivity index (χ2n) is 7.87. The Bertz CT molecular complexity index is 627. The number of rotatable bonds is 4. The van der Waals surface area contributed by atoms with E-state index in [9.17, 15) is 9.59 Å². The van der Waals surface area contributed by atoms with Crippen molar-refractivity contribution in [2.75, 3.05) is 13.1 Å². The van der Waals surface area contributed by atoms with Crippen molar-refractivity contribution < 1.29 is 9.59 Å². The van der Waals surface area contributed by atoms with E-state index in [2.05, 4.69) is 10.6 Å². The zero-order valence-corrected chi connectivity index (χ0v) is 15.4. The Morgan fingerprint density at radius 3 is 2.88 bits per heavy atom. The molecule has 1 aromatic rings. The Hall–Kier alpha value is -1.56. The Morgan fingerprint density at radius 1 is 1.28 bits per heavy atom. The molecule has 1 aromatic heterocycles. The van der Waals surface area contributed by atoms with Crippen LogP contribution in [0.3, 0.4) is 0 Å². The summed E-state index contributed by atoms with van der Waals surface area (Å²) in [5.41, 5.74) is 0.0451. The number of hydrogen-bond donors (Lipinski definition) is 2. The van der Waals surface area contributed by atoms with Gasteiger partial charge in [-0.1, -0.05) is 25.3 Å². The van der Waals surface area contributed by atoms with Crippen molar-refractivity contribution in [3.8, 4) is 0 Å². The molecule has 3 fully saturated rings. The number of carbonyl (C=O) groups excluding carboxylic acids is 2. The van der Waals surface area contributed by atoms with E-state index in [1.54, 1.807) is 11.3 Å². The fraction of sp³-hybridized carbons (Fsp3) is 0.684. The second kappa shape index (κ2) is 6.98. The van der Waals surface area contributed by atoms with Crippen molar-refractivity contribution in [1.29, 1.82) is 0 Å². The van der Waals surface area contributed by atoms with Gasteiger partial charge in [-0.25, -0.2) is 4.79 Å². The van der Waals surface area contributed by atoms with Crippen LogP contribution in [0.15, 0.2) is 17.5 Å². The highest BCUT2D eigenvalue weighted by Crippen LogP contribution is 2.58. The van der Waals surface area contributed by atoms with Gasteiger partial charge in [-0.3, -0.25) is 4.79 Å². The van der Waals surface area contributed by atoms with E-state index in [1.165, 1.54) is 24.1 Å². The number of nitrogens with one attached hydrogen (secondary N) is 2. The van der Waals surface area contributed by atoms with E-state index in [-0.39, 0.29) is 23.3 Å². The number of likely N-dealkylation sites (tertiary alicyclic amines) is 1. The van der Waals surface area contributed by atoms with E-state index in [0.29, 0.717) is 12.6 Å². The maximum atomic E-state index is 12.5. The van der Waals surface area contributed by atoms with Crippen molar-refractivity contribution in [3.05, 3.63) is 22.4 Å². The standard InChI is InChI=1S/C19H27N3O2S/c23-17(20-12-15-7-4-10-25-15)16-11-19(16)8-9-22(13-19)18(24)21-14-5-2-1-3-6-14/h4,7,10,14,16H,1-3,5-6,8-9,11-13H2,(H,20,23)(H,21,24)/t16-,19-/m1/s1. The van der Waals surface area contributed by atoms with Crippen LogP contribution in [0.2, 0.25) is 0 Å². The van der Waals surface area contributed by atoms with Crippen LogP contribution in [0.25, 0.3) is 0 Å². The van der Waals surface area contributed by atoms with Crippen molar-refractivity contribution in [2.24, 2.45) is 11.3 Å². The summed E-state index contributed by atoms with van der Waals surface area (Å²) < 4.78 is 0. The van der Waals surface area contributed by atoms with Gasteiger partial charge < -0.3 is 15.5 Å². The van der Waals surface area contributed by atoms with Crippen LogP contribution in [-0.2, 0) is 11.3 Å². The summed E-state index contributed by atoms with van der Waals surface area (Å²) in [6.45, 7) is 2.14. The van der Waals surface area contributed by atoms with Crippen molar-refractivity contribution >= 4 is 23.3 Å². The number of thiophene rings is 1. The van der Waals surface area contributed by atoms with Gasteiger partial charge in [0, 0.05) is 35.3 Å². The number of amides is 3. The molecule has 2 heterocycles. The number of carbonyl (C=O) groups is 2. The summed E-state index contributed by atoms with van der Waals surface area (Å²) in [4.78, 5) is 28.0. The lowest BCUT2D eigenvalue weighted by Crippen LogP contribution is -2.44. The monoisotopic (exact) mass is 361 g/mol. The van der Waals surface area contributed by atoms with Crippen molar-refractivity contribution in [3.63, 3.8) is 0 Å². The maximum Gasteiger partial charge on any atom is 0.317 e. The molecule has 2 saturated carbocycles. The molecule has 5 nitrogen and oxygen atoms in total. The fourth-order valence-corrected chi connectivity index (χ4v) is 5.11. The molecule has 136 valence electrons. The summed E-state index contributed by atoms with van der Waals surface area (Å²) in [6.07, 6.45) is 7.85. The molecular weight excluding hydrogens is 334 g/mol. The molecule has 25 heavy (non-hydrogen) atoms.